The van der Waals surface area contributed by atoms with Crippen LogP contribution in [-0.4, -0.2) is 55.9 Å². The number of thioether (sulfide) groups is 1. The van der Waals surface area contributed by atoms with Crippen LogP contribution in [0.1, 0.15) is 5.56 Å². The minimum atomic E-state index is -0.501. The molecule has 1 fully saturated rings. The number of rotatable bonds is 7. The van der Waals surface area contributed by atoms with Gasteiger partial charge in [-0.05, 0) is 36.0 Å². The number of carbonyl (C=O) groups is 3. The molecule has 0 radical (unpaired) electrons. The molecule has 0 aliphatic carbocycles. The number of imide groups is 1. The van der Waals surface area contributed by atoms with E-state index in [1.165, 1.54) is 14.2 Å². The molecule has 134 valence electrons. The summed E-state index contributed by atoms with van der Waals surface area (Å²) < 4.78 is 10.9. The number of nitrogens with one attached hydrogen (secondary N) is 1. The second-order valence-electron chi connectivity index (χ2n) is 5.00. The van der Waals surface area contributed by atoms with Gasteiger partial charge in [0.2, 0.25) is 5.91 Å². The van der Waals surface area contributed by atoms with E-state index in [2.05, 4.69) is 21.2 Å². The monoisotopic (exact) mass is 428 g/mol. The first-order valence-electron chi connectivity index (χ1n) is 7.30. The molecule has 0 bridgehead atoms. The Balaban J connectivity index is 2.13. The molecule has 0 atom stereocenters. The predicted molar refractivity (Wildman–Crippen MR) is 98.3 cm³/mol. The van der Waals surface area contributed by atoms with Crippen molar-refractivity contribution in [3.63, 3.8) is 0 Å². The molecule has 0 unspecified atom stereocenters. The van der Waals surface area contributed by atoms with E-state index in [4.69, 9.17) is 9.47 Å². The molecular formula is C16H17BrN2O5S. The van der Waals surface area contributed by atoms with Crippen LogP contribution in [0.2, 0.25) is 0 Å². The van der Waals surface area contributed by atoms with Gasteiger partial charge in [-0.1, -0.05) is 15.9 Å². The largest absolute Gasteiger partial charge is 0.496 e. The highest BCUT2D eigenvalue weighted by Crippen LogP contribution is 2.34. The first-order valence-corrected chi connectivity index (χ1v) is 8.91. The average molecular weight is 429 g/mol. The number of nitrogens with zero attached hydrogens (tertiary/aromatic N) is 1. The molecule has 3 amide bonds. The maximum Gasteiger partial charge on any atom is 0.294 e. The Morgan fingerprint density at radius 3 is 2.80 bits per heavy atom. The van der Waals surface area contributed by atoms with E-state index in [1.807, 2.05) is 6.07 Å². The van der Waals surface area contributed by atoms with Gasteiger partial charge in [-0.25, -0.2) is 0 Å². The van der Waals surface area contributed by atoms with Crippen LogP contribution in [0.15, 0.2) is 27.6 Å². The van der Waals surface area contributed by atoms with Crippen LogP contribution < -0.4 is 10.1 Å². The molecule has 1 heterocycles. The van der Waals surface area contributed by atoms with Gasteiger partial charge in [-0.15, -0.1) is 0 Å². The minimum absolute atomic E-state index is 0.242. The Labute approximate surface area is 157 Å². The molecule has 2 rings (SSSR count). The fourth-order valence-electron chi connectivity index (χ4n) is 2.09. The topological polar surface area (TPSA) is 84.9 Å². The van der Waals surface area contributed by atoms with E-state index in [0.717, 1.165) is 21.1 Å². The van der Waals surface area contributed by atoms with Gasteiger partial charge in [0, 0.05) is 23.7 Å². The fraction of sp³-hybridized carbons (Fsp3) is 0.312. The van der Waals surface area contributed by atoms with Gasteiger partial charge >= 0.3 is 0 Å². The van der Waals surface area contributed by atoms with Crippen LogP contribution in [0.25, 0.3) is 6.08 Å². The first-order chi connectivity index (χ1) is 12.0. The van der Waals surface area contributed by atoms with Gasteiger partial charge in [0.05, 0.1) is 18.6 Å². The Morgan fingerprint density at radius 1 is 1.36 bits per heavy atom. The van der Waals surface area contributed by atoms with Crippen molar-refractivity contribution >= 4 is 50.8 Å². The number of carbonyl (C=O) groups excluding carboxylic acids is 3. The number of methoxy groups -OCH3 is 2. The summed E-state index contributed by atoms with van der Waals surface area (Å²) in [5, 5.41) is 2.10. The zero-order valence-corrected chi connectivity index (χ0v) is 16.1. The smallest absolute Gasteiger partial charge is 0.294 e. The highest BCUT2D eigenvalue weighted by atomic mass is 79.9. The van der Waals surface area contributed by atoms with E-state index in [1.54, 1.807) is 18.2 Å². The van der Waals surface area contributed by atoms with Crippen molar-refractivity contribution in [3.05, 3.63) is 33.1 Å². The number of halogens is 1. The molecule has 1 N–H and O–H groups in total. The number of amides is 3. The molecule has 0 spiro atoms. The lowest BCUT2D eigenvalue weighted by Gasteiger charge is -2.12. The predicted octanol–water partition coefficient (Wildman–Crippen LogP) is 2.26. The van der Waals surface area contributed by atoms with Crippen molar-refractivity contribution in [1.82, 2.24) is 10.2 Å². The van der Waals surface area contributed by atoms with E-state index in [9.17, 15) is 14.4 Å². The molecule has 7 nitrogen and oxygen atoms in total. The second-order valence-corrected chi connectivity index (χ2v) is 6.91. The third-order valence-electron chi connectivity index (χ3n) is 3.28. The molecular weight excluding hydrogens is 412 g/mol. The molecule has 1 aromatic rings. The molecule has 1 saturated heterocycles. The summed E-state index contributed by atoms with van der Waals surface area (Å²) in [6.07, 6.45) is 1.58. The summed E-state index contributed by atoms with van der Waals surface area (Å²) in [6, 6.07) is 5.35. The van der Waals surface area contributed by atoms with Gasteiger partial charge in [-0.3, -0.25) is 19.3 Å². The Hall–Kier alpha value is -1.84. The van der Waals surface area contributed by atoms with E-state index < -0.39 is 17.1 Å². The quantitative estimate of drug-likeness (QED) is 0.529. The Bertz CT molecular complexity index is 722. The summed E-state index contributed by atoms with van der Waals surface area (Å²) in [5.41, 5.74) is 0.659. The molecule has 9 heteroatoms. The van der Waals surface area contributed by atoms with Crippen LogP contribution in [0, 0.1) is 0 Å². The maximum atomic E-state index is 12.4. The fourth-order valence-corrected chi connectivity index (χ4v) is 3.30. The molecule has 1 aliphatic rings. The zero-order valence-electron chi connectivity index (χ0n) is 13.7. The number of ether oxygens (including phenoxy) is 2. The summed E-state index contributed by atoms with van der Waals surface area (Å²) in [4.78, 5) is 37.5. The first kappa shape index (κ1) is 19.5. The summed E-state index contributed by atoms with van der Waals surface area (Å²) in [7, 11) is 3.04. The van der Waals surface area contributed by atoms with Crippen molar-refractivity contribution in [3.8, 4) is 5.75 Å². The molecule has 0 aromatic heterocycles. The Kier molecular flexibility index (Phi) is 7.03. The van der Waals surface area contributed by atoms with Crippen molar-refractivity contribution in [2.45, 2.75) is 0 Å². The average Bonchev–Trinajstić information content (AvgIpc) is 2.83. The zero-order chi connectivity index (χ0) is 18.4. The normalized spacial score (nSPS) is 15.8. The van der Waals surface area contributed by atoms with Crippen LogP contribution in [0.4, 0.5) is 4.79 Å². The molecule has 25 heavy (non-hydrogen) atoms. The van der Waals surface area contributed by atoms with Gasteiger partial charge in [0.25, 0.3) is 11.1 Å². The van der Waals surface area contributed by atoms with Crippen molar-refractivity contribution in [2.24, 2.45) is 0 Å². The highest BCUT2D eigenvalue weighted by molar-refractivity contribution is 9.10. The van der Waals surface area contributed by atoms with E-state index >= 15 is 0 Å². The van der Waals surface area contributed by atoms with E-state index in [0.29, 0.717) is 24.5 Å². The minimum Gasteiger partial charge on any atom is -0.496 e. The van der Waals surface area contributed by atoms with Crippen molar-refractivity contribution < 1.29 is 23.9 Å². The SMILES string of the molecule is COCCNC(=O)CN1C(=O)S/C(=C\c2cc(Br)ccc2OC)C1=O. The molecule has 1 aliphatic heterocycles. The highest BCUT2D eigenvalue weighted by Gasteiger charge is 2.36. The lowest BCUT2D eigenvalue weighted by Crippen LogP contribution is -2.40. The third kappa shape index (κ3) is 5.07. The Morgan fingerprint density at radius 2 is 2.12 bits per heavy atom. The van der Waals surface area contributed by atoms with Crippen molar-refractivity contribution in [1.29, 1.82) is 0 Å². The maximum absolute atomic E-state index is 12.4. The summed E-state index contributed by atoms with van der Waals surface area (Å²) in [5.74, 6) is -0.341. The van der Waals surface area contributed by atoms with Gasteiger partial charge in [-0.2, -0.15) is 0 Å². The standard InChI is InChI=1S/C16H17BrN2O5S/c1-23-6-5-18-14(20)9-19-15(21)13(25-16(19)22)8-10-7-11(17)3-4-12(10)24-2/h3-4,7-8H,5-6,9H2,1-2H3,(H,18,20)/b13-8-. The number of hydrogen-bond acceptors (Lipinski definition) is 6. The van der Waals surface area contributed by atoms with Crippen LogP contribution >= 0.6 is 27.7 Å². The van der Waals surface area contributed by atoms with Gasteiger partial charge in [0.15, 0.2) is 0 Å². The lowest BCUT2D eigenvalue weighted by atomic mass is 10.2. The lowest BCUT2D eigenvalue weighted by molar-refractivity contribution is -0.129. The van der Waals surface area contributed by atoms with Crippen LogP contribution in [0.3, 0.4) is 0 Å². The third-order valence-corrected chi connectivity index (χ3v) is 4.68. The van der Waals surface area contributed by atoms with Crippen molar-refractivity contribution in [2.75, 3.05) is 33.9 Å². The second kappa shape index (κ2) is 9.02. The van der Waals surface area contributed by atoms with Crippen LogP contribution in [0.5, 0.6) is 5.75 Å². The number of hydrogen-bond donors (Lipinski definition) is 1. The van der Waals surface area contributed by atoms with E-state index in [-0.39, 0.29) is 11.4 Å². The summed E-state index contributed by atoms with van der Waals surface area (Å²) >= 11 is 4.15. The molecule has 1 aromatic carbocycles. The van der Waals surface area contributed by atoms with Crippen LogP contribution in [-0.2, 0) is 14.3 Å². The van der Waals surface area contributed by atoms with Gasteiger partial charge < -0.3 is 14.8 Å². The van der Waals surface area contributed by atoms with Gasteiger partial charge in [0.1, 0.15) is 12.3 Å². The summed E-state index contributed by atoms with van der Waals surface area (Å²) in [6.45, 7) is 0.355. The number of benzene rings is 1. The molecule has 0 saturated carbocycles.